The van der Waals surface area contributed by atoms with Gasteiger partial charge in [-0.25, -0.2) is 4.68 Å². The lowest BCUT2D eigenvalue weighted by atomic mass is 9.81. The van der Waals surface area contributed by atoms with E-state index in [9.17, 15) is 19.2 Å². The second kappa shape index (κ2) is 8.75. The summed E-state index contributed by atoms with van der Waals surface area (Å²) in [6, 6.07) is 1.73. The molecule has 29 heavy (non-hydrogen) atoms. The Bertz CT molecular complexity index is 779. The summed E-state index contributed by atoms with van der Waals surface area (Å²) in [6.45, 7) is 5.34. The van der Waals surface area contributed by atoms with Crippen molar-refractivity contribution in [2.24, 2.45) is 11.8 Å². The molecule has 2 fully saturated rings. The molecule has 3 rings (SSSR count). The van der Waals surface area contributed by atoms with Crippen molar-refractivity contribution in [1.29, 1.82) is 0 Å². The standard InChI is InChI=1S/C20H28N4O5/c1-12(2)24-16(8-10-21-24)22-18(26)13(3)29-17(25)9-11-23-19(27)14-6-4-5-7-15(14)20(23)28/h8,10,12-15H,4-7,9,11H2,1-3H3,(H,22,26)/t13-,14-,15+/m0/s1. The summed E-state index contributed by atoms with van der Waals surface area (Å²) < 4.78 is 6.83. The molecular formula is C20H28N4O5. The first kappa shape index (κ1) is 21.0. The average molecular weight is 404 g/mol. The summed E-state index contributed by atoms with van der Waals surface area (Å²) in [4.78, 5) is 50.5. The molecule has 1 saturated heterocycles. The maximum Gasteiger partial charge on any atom is 0.308 e. The first-order valence-electron chi connectivity index (χ1n) is 10.2. The van der Waals surface area contributed by atoms with Crippen LogP contribution in [0.2, 0.25) is 0 Å². The molecule has 0 spiro atoms. The number of anilines is 1. The number of rotatable bonds is 7. The van der Waals surface area contributed by atoms with Gasteiger partial charge < -0.3 is 10.1 Å². The maximum absolute atomic E-state index is 12.4. The zero-order valence-electron chi connectivity index (χ0n) is 17.1. The number of ether oxygens (including phenoxy) is 1. The normalized spacial score (nSPS) is 22.6. The van der Waals surface area contributed by atoms with Gasteiger partial charge in [0, 0.05) is 18.7 Å². The van der Waals surface area contributed by atoms with E-state index in [-0.39, 0.29) is 42.7 Å². The Morgan fingerprint density at radius 3 is 2.38 bits per heavy atom. The van der Waals surface area contributed by atoms with Crippen LogP contribution in [-0.4, -0.2) is 51.0 Å². The Balaban J connectivity index is 1.49. The minimum Gasteiger partial charge on any atom is -0.452 e. The van der Waals surface area contributed by atoms with Crippen molar-refractivity contribution < 1.29 is 23.9 Å². The smallest absolute Gasteiger partial charge is 0.308 e. The molecule has 2 aliphatic rings. The number of carbonyl (C=O) groups is 4. The minimum absolute atomic E-state index is 0.00202. The monoisotopic (exact) mass is 404 g/mol. The molecule has 0 unspecified atom stereocenters. The topological polar surface area (TPSA) is 111 Å². The van der Waals surface area contributed by atoms with Gasteiger partial charge in [-0.3, -0.25) is 24.1 Å². The lowest BCUT2D eigenvalue weighted by Crippen LogP contribution is -2.35. The highest BCUT2D eigenvalue weighted by Gasteiger charge is 2.47. The van der Waals surface area contributed by atoms with Gasteiger partial charge in [-0.15, -0.1) is 0 Å². The third-order valence-corrected chi connectivity index (χ3v) is 5.56. The summed E-state index contributed by atoms with van der Waals surface area (Å²) in [6.07, 6.45) is 3.83. The first-order valence-corrected chi connectivity index (χ1v) is 10.2. The van der Waals surface area contributed by atoms with E-state index in [1.165, 1.54) is 11.8 Å². The van der Waals surface area contributed by atoms with Crippen LogP contribution in [0.15, 0.2) is 12.3 Å². The molecule has 0 radical (unpaired) electrons. The number of aromatic nitrogens is 2. The van der Waals surface area contributed by atoms with Gasteiger partial charge in [-0.2, -0.15) is 5.10 Å². The molecule has 0 bridgehead atoms. The van der Waals surface area contributed by atoms with Crippen LogP contribution in [0.1, 0.15) is 58.9 Å². The molecule has 1 aliphatic carbocycles. The molecule has 2 heterocycles. The average Bonchev–Trinajstić information content (AvgIpc) is 3.24. The molecule has 1 aromatic heterocycles. The van der Waals surface area contributed by atoms with Crippen molar-refractivity contribution in [3.63, 3.8) is 0 Å². The van der Waals surface area contributed by atoms with Crippen molar-refractivity contribution in [2.75, 3.05) is 11.9 Å². The Morgan fingerprint density at radius 2 is 1.79 bits per heavy atom. The van der Waals surface area contributed by atoms with Gasteiger partial charge >= 0.3 is 5.97 Å². The Kier molecular flexibility index (Phi) is 6.34. The van der Waals surface area contributed by atoms with Gasteiger partial charge in [0.15, 0.2) is 6.10 Å². The molecule has 3 atom stereocenters. The SMILES string of the molecule is CC(C)n1nccc1NC(=O)[C@H](C)OC(=O)CCN1C(=O)[C@H]2CCCC[C@H]2C1=O. The van der Waals surface area contributed by atoms with Gasteiger partial charge in [0.2, 0.25) is 11.8 Å². The Hall–Kier alpha value is -2.71. The highest BCUT2D eigenvalue weighted by Crippen LogP contribution is 2.37. The van der Waals surface area contributed by atoms with Crippen molar-refractivity contribution >= 4 is 29.5 Å². The largest absolute Gasteiger partial charge is 0.452 e. The molecule has 158 valence electrons. The van der Waals surface area contributed by atoms with E-state index in [1.54, 1.807) is 16.9 Å². The Labute approximate surface area is 169 Å². The first-order chi connectivity index (χ1) is 13.8. The van der Waals surface area contributed by atoms with Crippen LogP contribution >= 0.6 is 0 Å². The molecule has 1 aliphatic heterocycles. The lowest BCUT2D eigenvalue weighted by Gasteiger charge is -2.19. The summed E-state index contributed by atoms with van der Waals surface area (Å²) >= 11 is 0. The fourth-order valence-corrected chi connectivity index (χ4v) is 4.02. The third-order valence-electron chi connectivity index (χ3n) is 5.56. The van der Waals surface area contributed by atoms with Crippen LogP contribution in [0.3, 0.4) is 0 Å². The summed E-state index contributed by atoms with van der Waals surface area (Å²) in [5.41, 5.74) is 0. The van der Waals surface area contributed by atoms with E-state index >= 15 is 0 Å². The van der Waals surface area contributed by atoms with Crippen molar-refractivity contribution in [1.82, 2.24) is 14.7 Å². The number of fused-ring (bicyclic) bond motifs is 1. The summed E-state index contributed by atoms with van der Waals surface area (Å²) in [5, 5.41) is 6.82. The van der Waals surface area contributed by atoms with Gasteiger partial charge in [-0.1, -0.05) is 12.8 Å². The van der Waals surface area contributed by atoms with Gasteiger partial charge in [0.25, 0.3) is 5.91 Å². The highest BCUT2D eigenvalue weighted by molar-refractivity contribution is 6.05. The molecular weight excluding hydrogens is 376 g/mol. The van der Waals surface area contributed by atoms with Gasteiger partial charge in [0.05, 0.1) is 24.5 Å². The van der Waals surface area contributed by atoms with Crippen LogP contribution in [0.5, 0.6) is 0 Å². The zero-order valence-corrected chi connectivity index (χ0v) is 17.1. The lowest BCUT2D eigenvalue weighted by molar-refractivity contribution is -0.154. The van der Waals surface area contributed by atoms with E-state index in [4.69, 9.17) is 4.74 Å². The maximum atomic E-state index is 12.4. The Morgan fingerprint density at radius 1 is 1.17 bits per heavy atom. The van der Waals surface area contributed by atoms with Crippen LogP contribution in [0.4, 0.5) is 5.82 Å². The summed E-state index contributed by atoms with van der Waals surface area (Å²) in [5.74, 6) is -1.41. The number of imide groups is 1. The number of likely N-dealkylation sites (tertiary alicyclic amines) is 1. The van der Waals surface area contributed by atoms with Crippen LogP contribution in [0.25, 0.3) is 0 Å². The highest BCUT2D eigenvalue weighted by atomic mass is 16.5. The number of esters is 1. The zero-order chi connectivity index (χ0) is 21.1. The number of nitrogens with one attached hydrogen (secondary N) is 1. The van der Waals surface area contributed by atoms with Gasteiger partial charge in [-0.05, 0) is 33.6 Å². The number of nitrogens with zero attached hydrogens (tertiary/aromatic N) is 3. The molecule has 9 heteroatoms. The fourth-order valence-electron chi connectivity index (χ4n) is 4.02. The third kappa shape index (κ3) is 4.49. The number of hydrogen-bond donors (Lipinski definition) is 1. The van der Waals surface area contributed by atoms with Crippen LogP contribution in [0, 0.1) is 11.8 Å². The molecule has 1 aromatic rings. The van der Waals surface area contributed by atoms with Gasteiger partial charge in [0.1, 0.15) is 5.82 Å². The number of amides is 3. The van der Waals surface area contributed by atoms with Crippen molar-refractivity contribution in [3.8, 4) is 0 Å². The van der Waals surface area contributed by atoms with Crippen molar-refractivity contribution in [3.05, 3.63) is 12.3 Å². The predicted molar refractivity (Wildman–Crippen MR) is 104 cm³/mol. The van der Waals surface area contributed by atoms with Crippen molar-refractivity contribution in [2.45, 2.75) is 65.0 Å². The molecule has 1 N–H and O–H groups in total. The van der Waals surface area contributed by atoms with E-state index in [0.717, 1.165) is 25.7 Å². The summed E-state index contributed by atoms with van der Waals surface area (Å²) in [7, 11) is 0. The van der Waals surface area contributed by atoms with E-state index in [1.807, 2.05) is 13.8 Å². The second-order valence-electron chi connectivity index (χ2n) is 7.95. The van der Waals surface area contributed by atoms with E-state index in [0.29, 0.717) is 5.82 Å². The fraction of sp³-hybridized carbons (Fsp3) is 0.650. The molecule has 9 nitrogen and oxygen atoms in total. The van der Waals surface area contributed by atoms with Crippen LogP contribution < -0.4 is 5.32 Å². The predicted octanol–water partition coefficient (Wildman–Crippen LogP) is 1.90. The van der Waals surface area contributed by atoms with E-state index in [2.05, 4.69) is 10.4 Å². The molecule has 0 aromatic carbocycles. The minimum atomic E-state index is -1.01. The number of hydrogen-bond acceptors (Lipinski definition) is 6. The van der Waals surface area contributed by atoms with Crippen LogP contribution in [-0.2, 0) is 23.9 Å². The number of carbonyl (C=O) groups excluding carboxylic acids is 4. The molecule has 3 amide bonds. The quantitative estimate of drug-likeness (QED) is 0.549. The second-order valence-corrected chi connectivity index (χ2v) is 7.95. The van der Waals surface area contributed by atoms with E-state index < -0.39 is 18.0 Å². The molecule has 1 saturated carbocycles.